The maximum absolute atomic E-state index is 12.5. The molecule has 0 spiro atoms. The molecule has 0 aromatic carbocycles. The van der Waals surface area contributed by atoms with Crippen molar-refractivity contribution in [3.63, 3.8) is 0 Å². The van der Waals surface area contributed by atoms with Gasteiger partial charge in [0.25, 0.3) is 5.91 Å². The molecule has 2 atom stereocenters. The van der Waals surface area contributed by atoms with E-state index in [1.165, 1.54) is 0 Å². The van der Waals surface area contributed by atoms with E-state index in [0.717, 1.165) is 12.8 Å². The van der Waals surface area contributed by atoms with Crippen LogP contribution in [0.25, 0.3) is 0 Å². The average molecular weight is 294 g/mol. The van der Waals surface area contributed by atoms with Crippen LogP contribution in [0.5, 0.6) is 0 Å². The molecule has 0 saturated heterocycles. The molecule has 1 aromatic rings. The zero-order chi connectivity index (χ0) is 15.6. The summed E-state index contributed by atoms with van der Waals surface area (Å²) < 4.78 is 5.07. The van der Waals surface area contributed by atoms with Gasteiger partial charge in [0.05, 0.1) is 11.1 Å². The SMILES string of the molecule is CCc1noc(C)c1C(=O)NC1CCCCC1(C)C(=O)O. The number of aryl methyl sites for hydroxylation is 2. The lowest BCUT2D eigenvalue weighted by molar-refractivity contribution is -0.151. The van der Waals surface area contributed by atoms with Crippen LogP contribution in [0.15, 0.2) is 4.52 Å². The maximum Gasteiger partial charge on any atom is 0.311 e. The van der Waals surface area contributed by atoms with E-state index in [9.17, 15) is 14.7 Å². The molecule has 116 valence electrons. The fraction of sp³-hybridized carbons (Fsp3) is 0.667. The third kappa shape index (κ3) is 2.80. The van der Waals surface area contributed by atoms with Gasteiger partial charge in [-0.25, -0.2) is 0 Å². The number of aliphatic carboxylic acids is 1. The molecule has 6 heteroatoms. The highest BCUT2D eigenvalue weighted by Gasteiger charge is 2.44. The highest BCUT2D eigenvalue weighted by molar-refractivity contribution is 5.96. The number of hydrogen-bond acceptors (Lipinski definition) is 4. The van der Waals surface area contributed by atoms with Crippen molar-refractivity contribution in [1.82, 2.24) is 10.5 Å². The molecule has 0 radical (unpaired) electrons. The van der Waals surface area contributed by atoms with Gasteiger partial charge in [-0.05, 0) is 33.1 Å². The van der Waals surface area contributed by atoms with Crippen LogP contribution in [0.3, 0.4) is 0 Å². The molecule has 1 aromatic heterocycles. The van der Waals surface area contributed by atoms with Gasteiger partial charge in [0.1, 0.15) is 11.3 Å². The van der Waals surface area contributed by atoms with Gasteiger partial charge < -0.3 is 14.9 Å². The number of hydrogen-bond donors (Lipinski definition) is 2. The van der Waals surface area contributed by atoms with E-state index < -0.39 is 11.4 Å². The summed E-state index contributed by atoms with van der Waals surface area (Å²) in [5.41, 5.74) is 0.138. The first kappa shape index (κ1) is 15.5. The molecule has 2 N–H and O–H groups in total. The summed E-state index contributed by atoms with van der Waals surface area (Å²) in [7, 11) is 0. The number of carboxylic acid groups (broad SMARTS) is 1. The van der Waals surface area contributed by atoms with E-state index in [1.54, 1.807) is 13.8 Å². The molecule has 0 aliphatic heterocycles. The molecule has 0 bridgehead atoms. The zero-order valence-electron chi connectivity index (χ0n) is 12.7. The number of nitrogens with one attached hydrogen (secondary N) is 1. The van der Waals surface area contributed by atoms with Gasteiger partial charge >= 0.3 is 5.97 Å². The van der Waals surface area contributed by atoms with Gasteiger partial charge in [0.2, 0.25) is 0 Å². The van der Waals surface area contributed by atoms with Crippen molar-refractivity contribution in [3.05, 3.63) is 17.0 Å². The van der Waals surface area contributed by atoms with E-state index in [0.29, 0.717) is 36.3 Å². The molecule has 6 nitrogen and oxygen atoms in total. The molecule has 1 aliphatic rings. The first-order valence-electron chi connectivity index (χ1n) is 7.39. The van der Waals surface area contributed by atoms with Gasteiger partial charge in [-0.2, -0.15) is 0 Å². The lowest BCUT2D eigenvalue weighted by atomic mass is 9.71. The quantitative estimate of drug-likeness (QED) is 0.889. The first-order valence-corrected chi connectivity index (χ1v) is 7.39. The Morgan fingerprint density at radius 2 is 2.19 bits per heavy atom. The minimum Gasteiger partial charge on any atom is -0.481 e. The van der Waals surface area contributed by atoms with Crippen LogP contribution in [-0.2, 0) is 11.2 Å². The zero-order valence-corrected chi connectivity index (χ0v) is 12.7. The van der Waals surface area contributed by atoms with Crippen molar-refractivity contribution in [2.45, 2.75) is 58.9 Å². The number of aromatic nitrogens is 1. The van der Waals surface area contributed by atoms with Gasteiger partial charge in [0.15, 0.2) is 0 Å². The molecule has 2 rings (SSSR count). The van der Waals surface area contributed by atoms with Crippen molar-refractivity contribution < 1.29 is 19.2 Å². The molecule has 21 heavy (non-hydrogen) atoms. The van der Waals surface area contributed by atoms with Crippen molar-refractivity contribution in [2.75, 3.05) is 0 Å². The second-order valence-corrected chi connectivity index (χ2v) is 5.91. The van der Waals surface area contributed by atoms with E-state index in [2.05, 4.69) is 10.5 Å². The van der Waals surface area contributed by atoms with Gasteiger partial charge in [-0.3, -0.25) is 9.59 Å². The molecule has 1 aliphatic carbocycles. The third-order valence-corrected chi connectivity index (χ3v) is 4.50. The Balaban J connectivity index is 2.21. The smallest absolute Gasteiger partial charge is 0.311 e. The maximum atomic E-state index is 12.5. The Morgan fingerprint density at radius 3 is 2.81 bits per heavy atom. The first-order chi connectivity index (χ1) is 9.90. The predicted molar refractivity (Wildman–Crippen MR) is 76.1 cm³/mol. The average Bonchev–Trinajstić information content (AvgIpc) is 2.82. The Kier molecular flexibility index (Phi) is 4.34. The standard InChI is InChI=1S/C15H22N2O4/c1-4-10-12(9(2)21-17-10)13(18)16-11-7-5-6-8-15(11,3)14(19)20/h11H,4-8H2,1-3H3,(H,16,18)(H,19,20). The summed E-state index contributed by atoms with van der Waals surface area (Å²) in [6, 6.07) is -0.366. The highest BCUT2D eigenvalue weighted by atomic mass is 16.5. The van der Waals surface area contributed by atoms with Crippen molar-refractivity contribution >= 4 is 11.9 Å². The lowest BCUT2D eigenvalue weighted by Gasteiger charge is -2.38. The molecule has 1 amide bonds. The Morgan fingerprint density at radius 1 is 1.48 bits per heavy atom. The van der Waals surface area contributed by atoms with Crippen molar-refractivity contribution in [3.8, 4) is 0 Å². The third-order valence-electron chi connectivity index (χ3n) is 4.50. The minimum atomic E-state index is -0.911. The molecular weight excluding hydrogens is 272 g/mol. The van der Waals surface area contributed by atoms with Crippen LogP contribution in [0.1, 0.15) is 61.3 Å². The van der Waals surface area contributed by atoms with E-state index >= 15 is 0 Å². The summed E-state index contributed by atoms with van der Waals surface area (Å²) in [5.74, 6) is -0.674. The molecule has 2 unspecified atom stereocenters. The fourth-order valence-electron chi connectivity index (χ4n) is 3.00. The molecule has 1 heterocycles. The predicted octanol–water partition coefficient (Wildman–Crippen LogP) is 2.31. The summed E-state index contributed by atoms with van der Waals surface area (Å²) in [5, 5.41) is 16.2. The largest absolute Gasteiger partial charge is 0.481 e. The van der Waals surface area contributed by atoms with E-state index in [1.807, 2.05) is 6.92 Å². The van der Waals surface area contributed by atoms with Crippen LogP contribution in [0, 0.1) is 12.3 Å². The van der Waals surface area contributed by atoms with E-state index in [4.69, 9.17) is 4.52 Å². The summed E-state index contributed by atoms with van der Waals surface area (Å²) in [6.07, 6.45) is 3.66. The van der Waals surface area contributed by atoms with Crippen LogP contribution in [-0.4, -0.2) is 28.2 Å². The number of carbonyl (C=O) groups is 2. The Bertz CT molecular complexity index is 552. The van der Waals surface area contributed by atoms with Crippen LogP contribution < -0.4 is 5.32 Å². The summed E-state index contributed by atoms with van der Waals surface area (Å²) in [6.45, 7) is 5.30. The monoisotopic (exact) mass is 294 g/mol. The van der Waals surface area contributed by atoms with Crippen LogP contribution in [0.4, 0.5) is 0 Å². The van der Waals surface area contributed by atoms with Crippen molar-refractivity contribution in [2.24, 2.45) is 5.41 Å². The van der Waals surface area contributed by atoms with Gasteiger partial charge in [-0.15, -0.1) is 0 Å². The van der Waals surface area contributed by atoms with Crippen molar-refractivity contribution in [1.29, 1.82) is 0 Å². The topological polar surface area (TPSA) is 92.4 Å². The second-order valence-electron chi connectivity index (χ2n) is 5.91. The normalized spacial score (nSPS) is 25.6. The fourth-order valence-corrected chi connectivity index (χ4v) is 3.00. The van der Waals surface area contributed by atoms with Crippen LogP contribution in [0.2, 0.25) is 0 Å². The number of carbonyl (C=O) groups excluding carboxylic acids is 1. The number of amides is 1. The second kappa shape index (κ2) is 5.87. The Labute approximate surface area is 123 Å². The molecular formula is C15H22N2O4. The van der Waals surface area contributed by atoms with E-state index in [-0.39, 0.29) is 11.9 Å². The highest BCUT2D eigenvalue weighted by Crippen LogP contribution is 2.36. The Hall–Kier alpha value is -1.85. The molecule has 1 saturated carbocycles. The van der Waals surface area contributed by atoms with Gasteiger partial charge in [-0.1, -0.05) is 24.9 Å². The molecule has 1 fully saturated rings. The van der Waals surface area contributed by atoms with Crippen LogP contribution >= 0.6 is 0 Å². The number of rotatable bonds is 4. The van der Waals surface area contributed by atoms with Gasteiger partial charge in [0, 0.05) is 6.04 Å². The lowest BCUT2D eigenvalue weighted by Crippen LogP contribution is -2.52. The number of carboxylic acids is 1. The minimum absolute atomic E-state index is 0.287. The summed E-state index contributed by atoms with van der Waals surface area (Å²) >= 11 is 0. The summed E-state index contributed by atoms with van der Waals surface area (Å²) in [4.78, 5) is 24.0. The number of nitrogens with zero attached hydrogens (tertiary/aromatic N) is 1.